The smallest absolute Gasteiger partial charge is 0.191 e. The van der Waals surface area contributed by atoms with Crippen LogP contribution in [0.5, 0.6) is 0 Å². The average Bonchev–Trinajstić information content (AvgIpc) is 3.10. The van der Waals surface area contributed by atoms with Crippen LogP contribution in [0.3, 0.4) is 0 Å². The van der Waals surface area contributed by atoms with E-state index in [1.807, 2.05) is 0 Å². The van der Waals surface area contributed by atoms with Gasteiger partial charge in [-0.05, 0) is 24.1 Å². The SMILES string of the molecule is CC[C@@H]1CN=C(NCc2ccccc2CN2CCN(CC)CC2)N1. The molecule has 1 fully saturated rings. The second-order valence-corrected chi connectivity index (χ2v) is 6.77. The van der Waals surface area contributed by atoms with Crippen LogP contribution in [-0.4, -0.2) is 61.1 Å². The van der Waals surface area contributed by atoms with Gasteiger partial charge in [-0.1, -0.05) is 38.1 Å². The highest BCUT2D eigenvalue weighted by atomic mass is 15.3. The number of hydrogen-bond donors (Lipinski definition) is 2. The van der Waals surface area contributed by atoms with Crippen molar-refractivity contribution >= 4 is 5.96 Å². The van der Waals surface area contributed by atoms with Crippen molar-refractivity contribution in [1.29, 1.82) is 0 Å². The van der Waals surface area contributed by atoms with Crippen LogP contribution < -0.4 is 10.6 Å². The Labute approximate surface area is 146 Å². The summed E-state index contributed by atoms with van der Waals surface area (Å²) in [7, 11) is 0. The summed E-state index contributed by atoms with van der Waals surface area (Å²) in [6.07, 6.45) is 1.12. The molecular formula is C19H31N5. The Morgan fingerprint density at radius 3 is 2.46 bits per heavy atom. The molecule has 0 unspecified atom stereocenters. The molecule has 5 heteroatoms. The highest BCUT2D eigenvalue weighted by molar-refractivity contribution is 5.81. The van der Waals surface area contributed by atoms with E-state index >= 15 is 0 Å². The van der Waals surface area contributed by atoms with Crippen molar-refractivity contribution in [2.24, 2.45) is 4.99 Å². The predicted molar refractivity (Wildman–Crippen MR) is 100 cm³/mol. The van der Waals surface area contributed by atoms with Crippen molar-refractivity contribution in [2.75, 3.05) is 39.3 Å². The maximum absolute atomic E-state index is 4.54. The van der Waals surface area contributed by atoms with Crippen LogP contribution >= 0.6 is 0 Å². The highest BCUT2D eigenvalue weighted by Crippen LogP contribution is 2.14. The van der Waals surface area contributed by atoms with E-state index in [0.29, 0.717) is 6.04 Å². The molecule has 1 aromatic rings. The molecule has 24 heavy (non-hydrogen) atoms. The van der Waals surface area contributed by atoms with Crippen molar-refractivity contribution in [3.8, 4) is 0 Å². The van der Waals surface area contributed by atoms with Gasteiger partial charge in [0.05, 0.1) is 6.54 Å². The summed E-state index contributed by atoms with van der Waals surface area (Å²) in [5, 5.41) is 6.91. The summed E-state index contributed by atoms with van der Waals surface area (Å²) in [6, 6.07) is 9.28. The van der Waals surface area contributed by atoms with Crippen molar-refractivity contribution in [3.05, 3.63) is 35.4 Å². The van der Waals surface area contributed by atoms with Gasteiger partial charge < -0.3 is 15.5 Å². The molecule has 2 aliphatic heterocycles. The average molecular weight is 329 g/mol. The van der Waals surface area contributed by atoms with Crippen LogP contribution in [-0.2, 0) is 13.1 Å². The lowest BCUT2D eigenvalue weighted by Crippen LogP contribution is -2.45. The third-order valence-electron chi connectivity index (χ3n) is 5.17. The van der Waals surface area contributed by atoms with Crippen molar-refractivity contribution in [1.82, 2.24) is 20.4 Å². The second kappa shape index (κ2) is 8.49. The molecule has 0 aliphatic carbocycles. The Bertz CT molecular complexity index is 548. The fourth-order valence-electron chi connectivity index (χ4n) is 3.39. The van der Waals surface area contributed by atoms with E-state index in [2.05, 4.69) is 63.5 Å². The molecule has 1 saturated heterocycles. The summed E-state index contributed by atoms with van der Waals surface area (Å²) in [4.78, 5) is 9.64. The van der Waals surface area contributed by atoms with Crippen LogP contribution in [0.15, 0.2) is 29.3 Å². The van der Waals surface area contributed by atoms with Gasteiger partial charge in [0, 0.05) is 45.3 Å². The number of guanidine groups is 1. The van der Waals surface area contributed by atoms with E-state index in [-0.39, 0.29) is 0 Å². The molecule has 2 N–H and O–H groups in total. The van der Waals surface area contributed by atoms with Gasteiger partial charge in [-0.2, -0.15) is 0 Å². The monoisotopic (exact) mass is 329 g/mol. The first-order valence-corrected chi connectivity index (χ1v) is 9.34. The molecule has 0 bridgehead atoms. The van der Waals surface area contributed by atoms with E-state index in [0.717, 1.165) is 32.0 Å². The van der Waals surface area contributed by atoms with Crippen molar-refractivity contribution in [2.45, 2.75) is 39.4 Å². The molecule has 0 spiro atoms. The first-order valence-electron chi connectivity index (χ1n) is 9.34. The van der Waals surface area contributed by atoms with Gasteiger partial charge >= 0.3 is 0 Å². The van der Waals surface area contributed by atoms with Gasteiger partial charge in [-0.15, -0.1) is 0 Å². The highest BCUT2D eigenvalue weighted by Gasteiger charge is 2.17. The Hall–Kier alpha value is -1.59. The topological polar surface area (TPSA) is 42.9 Å². The molecule has 0 aromatic heterocycles. The summed E-state index contributed by atoms with van der Waals surface area (Å²) >= 11 is 0. The van der Waals surface area contributed by atoms with Crippen molar-refractivity contribution in [3.63, 3.8) is 0 Å². The molecule has 1 atom stereocenters. The van der Waals surface area contributed by atoms with Crippen LogP contribution in [0.4, 0.5) is 0 Å². The number of benzene rings is 1. The van der Waals surface area contributed by atoms with E-state index in [4.69, 9.17) is 0 Å². The molecule has 1 aromatic carbocycles. The minimum atomic E-state index is 0.498. The third-order valence-corrected chi connectivity index (χ3v) is 5.17. The summed E-state index contributed by atoms with van der Waals surface area (Å²) in [5.74, 6) is 0.952. The standard InChI is InChI=1S/C19H31N5/c1-3-18-14-21-19(22-18)20-13-16-7-5-6-8-17(16)15-24-11-9-23(4-2)10-12-24/h5-8,18H,3-4,9-15H2,1-2H3,(H2,20,21,22)/t18-/m1/s1. The van der Waals surface area contributed by atoms with Crippen LogP contribution in [0.2, 0.25) is 0 Å². The maximum atomic E-state index is 4.54. The van der Waals surface area contributed by atoms with Gasteiger partial charge in [0.25, 0.3) is 0 Å². The Morgan fingerprint density at radius 2 is 1.79 bits per heavy atom. The zero-order chi connectivity index (χ0) is 16.8. The van der Waals surface area contributed by atoms with Gasteiger partial charge in [-0.3, -0.25) is 9.89 Å². The molecule has 2 heterocycles. The van der Waals surface area contributed by atoms with Crippen LogP contribution in [0, 0.1) is 0 Å². The third kappa shape index (κ3) is 4.48. The van der Waals surface area contributed by atoms with Crippen LogP contribution in [0.25, 0.3) is 0 Å². The number of likely N-dealkylation sites (N-methyl/N-ethyl adjacent to an activating group) is 1. The molecule has 5 nitrogen and oxygen atoms in total. The molecular weight excluding hydrogens is 298 g/mol. The van der Waals surface area contributed by atoms with E-state index in [1.54, 1.807) is 0 Å². The fraction of sp³-hybridized carbons (Fsp3) is 0.632. The first kappa shape index (κ1) is 17.2. The molecule has 0 saturated carbocycles. The predicted octanol–water partition coefficient (Wildman–Crippen LogP) is 1.65. The zero-order valence-electron chi connectivity index (χ0n) is 15.1. The normalized spacial score (nSPS) is 22.2. The number of hydrogen-bond acceptors (Lipinski definition) is 5. The number of piperazine rings is 1. The molecule has 2 aliphatic rings. The number of nitrogens with zero attached hydrogens (tertiary/aromatic N) is 3. The molecule has 132 valence electrons. The summed E-state index contributed by atoms with van der Waals surface area (Å²) < 4.78 is 0. The maximum Gasteiger partial charge on any atom is 0.191 e. The fourth-order valence-corrected chi connectivity index (χ4v) is 3.39. The van der Waals surface area contributed by atoms with E-state index < -0.39 is 0 Å². The Balaban J connectivity index is 1.53. The number of rotatable bonds is 6. The minimum absolute atomic E-state index is 0.498. The lowest BCUT2D eigenvalue weighted by atomic mass is 10.1. The van der Waals surface area contributed by atoms with Crippen LogP contribution in [0.1, 0.15) is 31.4 Å². The van der Waals surface area contributed by atoms with E-state index in [1.165, 1.54) is 43.9 Å². The number of aliphatic imine (C=N–C) groups is 1. The summed E-state index contributed by atoms with van der Waals surface area (Å²) in [5.41, 5.74) is 2.81. The number of nitrogens with one attached hydrogen (secondary N) is 2. The van der Waals surface area contributed by atoms with Gasteiger partial charge in [0.15, 0.2) is 5.96 Å². The first-order chi connectivity index (χ1) is 11.8. The quantitative estimate of drug-likeness (QED) is 0.833. The Morgan fingerprint density at radius 1 is 1.08 bits per heavy atom. The molecule has 3 rings (SSSR count). The van der Waals surface area contributed by atoms with Gasteiger partial charge in [-0.25, -0.2) is 0 Å². The van der Waals surface area contributed by atoms with E-state index in [9.17, 15) is 0 Å². The van der Waals surface area contributed by atoms with Gasteiger partial charge in [0.1, 0.15) is 0 Å². The Kier molecular flexibility index (Phi) is 6.10. The zero-order valence-corrected chi connectivity index (χ0v) is 15.1. The van der Waals surface area contributed by atoms with Crippen molar-refractivity contribution < 1.29 is 0 Å². The second-order valence-electron chi connectivity index (χ2n) is 6.77. The summed E-state index contributed by atoms with van der Waals surface area (Å²) in [6.45, 7) is 13.1. The lowest BCUT2D eigenvalue weighted by molar-refractivity contribution is 0.131. The molecule has 0 radical (unpaired) electrons. The minimum Gasteiger partial charge on any atom is -0.352 e. The van der Waals surface area contributed by atoms with Gasteiger partial charge in [0.2, 0.25) is 0 Å². The largest absolute Gasteiger partial charge is 0.352 e. The molecule has 0 amide bonds. The lowest BCUT2D eigenvalue weighted by Gasteiger charge is -2.34.